The highest BCUT2D eigenvalue weighted by molar-refractivity contribution is 4.92. The zero-order valence-corrected chi connectivity index (χ0v) is 9.94. The third kappa shape index (κ3) is 4.93. The molecule has 0 unspecified atom stereocenters. The van der Waals surface area contributed by atoms with Crippen LogP contribution >= 0.6 is 0 Å². The number of unbranched alkanes of at least 4 members (excludes halogenated alkanes) is 1. The second kappa shape index (κ2) is 6.56. The maximum atomic E-state index is 5.46. The molecule has 0 amide bonds. The minimum atomic E-state index is 0.292. The van der Waals surface area contributed by atoms with Gasteiger partial charge in [0.25, 0.3) is 0 Å². The van der Waals surface area contributed by atoms with Gasteiger partial charge in [-0.15, -0.1) is 5.10 Å². The van der Waals surface area contributed by atoms with Gasteiger partial charge in [-0.05, 0) is 20.3 Å². The van der Waals surface area contributed by atoms with Gasteiger partial charge in [0.05, 0.1) is 18.4 Å². The molecule has 1 heterocycles. The summed E-state index contributed by atoms with van der Waals surface area (Å²) in [6, 6.07) is 0. The van der Waals surface area contributed by atoms with E-state index < -0.39 is 0 Å². The fourth-order valence-electron chi connectivity index (χ4n) is 1.28. The molecule has 4 heteroatoms. The van der Waals surface area contributed by atoms with Gasteiger partial charge >= 0.3 is 0 Å². The number of aryl methyl sites for hydroxylation is 1. The van der Waals surface area contributed by atoms with E-state index in [4.69, 9.17) is 4.74 Å². The van der Waals surface area contributed by atoms with E-state index in [1.54, 1.807) is 0 Å². The number of ether oxygens (including phenoxy) is 1. The van der Waals surface area contributed by atoms with Crippen LogP contribution in [-0.4, -0.2) is 27.7 Å². The van der Waals surface area contributed by atoms with Gasteiger partial charge in [0, 0.05) is 19.2 Å². The van der Waals surface area contributed by atoms with Crippen molar-refractivity contribution in [1.82, 2.24) is 15.0 Å². The van der Waals surface area contributed by atoms with Crippen LogP contribution in [0.2, 0.25) is 0 Å². The van der Waals surface area contributed by atoms with Crippen molar-refractivity contribution in [2.45, 2.75) is 52.7 Å². The first-order valence-corrected chi connectivity index (χ1v) is 5.73. The molecule has 0 saturated heterocycles. The fraction of sp³-hybridized carbons (Fsp3) is 0.818. The predicted octanol–water partition coefficient (Wildman–Crippen LogP) is 2.05. The first kappa shape index (κ1) is 12.2. The van der Waals surface area contributed by atoms with Crippen LogP contribution in [0.25, 0.3) is 0 Å². The van der Waals surface area contributed by atoms with Crippen LogP contribution in [0.15, 0.2) is 6.20 Å². The van der Waals surface area contributed by atoms with E-state index in [9.17, 15) is 0 Å². The van der Waals surface area contributed by atoms with Crippen molar-refractivity contribution >= 4 is 0 Å². The van der Waals surface area contributed by atoms with Crippen LogP contribution in [-0.2, 0) is 17.7 Å². The van der Waals surface area contributed by atoms with Gasteiger partial charge in [-0.2, -0.15) is 0 Å². The predicted molar refractivity (Wildman–Crippen MR) is 59.7 cm³/mol. The second-order valence-corrected chi connectivity index (χ2v) is 4.00. The molecule has 1 aromatic rings. The molecule has 0 aromatic carbocycles. The van der Waals surface area contributed by atoms with Crippen molar-refractivity contribution in [2.75, 3.05) is 6.61 Å². The minimum absolute atomic E-state index is 0.292. The molecular weight excluding hydrogens is 190 g/mol. The summed E-state index contributed by atoms with van der Waals surface area (Å²) in [5.41, 5.74) is 1.02. The Morgan fingerprint density at radius 2 is 2.27 bits per heavy atom. The molecule has 1 aromatic heterocycles. The van der Waals surface area contributed by atoms with Crippen LogP contribution < -0.4 is 0 Å². The van der Waals surface area contributed by atoms with Crippen LogP contribution in [0, 0.1) is 0 Å². The maximum Gasteiger partial charge on any atom is 0.0850 e. The average Bonchev–Trinajstić information content (AvgIpc) is 2.62. The van der Waals surface area contributed by atoms with Crippen LogP contribution in [0.1, 0.15) is 39.3 Å². The number of rotatable bonds is 7. The summed E-state index contributed by atoms with van der Waals surface area (Å²) in [5, 5.41) is 8.16. The molecule has 86 valence electrons. The van der Waals surface area contributed by atoms with E-state index in [1.807, 2.05) is 24.7 Å². The van der Waals surface area contributed by atoms with Crippen molar-refractivity contribution < 1.29 is 4.74 Å². The molecule has 1 rings (SSSR count). The van der Waals surface area contributed by atoms with Crippen LogP contribution in [0.4, 0.5) is 0 Å². The zero-order valence-electron chi connectivity index (χ0n) is 9.94. The molecule has 0 aliphatic carbocycles. The summed E-state index contributed by atoms with van der Waals surface area (Å²) in [7, 11) is 0. The Labute approximate surface area is 91.6 Å². The Hall–Kier alpha value is -0.900. The normalized spacial score (nSPS) is 11.2. The van der Waals surface area contributed by atoms with Crippen molar-refractivity contribution in [3.63, 3.8) is 0 Å². The lowest BCUT2D eigenvalue weighted by Crippen LogP contribution is -2.06. The van der Waals surface area contributed by atoms with Crippen molar-refractivity contribution in [3.8, 4) is 0 Å². The zero-order chi connectivity index (χ0) is 11.1. The van der Waals surface area contributed by atoms with E-state index in [1.165, 1.54) is 6.42 Å². The number of hydrogen-bond acceptors (Lipinski definition) is 3. The number of aromatic nitrogens is 3. The van der Waals surface area contributed by atoms with Crippen molar-refractivity contribution in [3.05, 3.63) is 11.9 Å². The molecule has 0 aliphatic rings. The van der Waals surface area contributed by atoms with Gasteiger partial charge in [-0.3, -0.25) is 4.68 Å². The number of nitrogens with zero attached hydrogens (tertiary/aromatic N) is 3. The van der Waals surface area contributed by atoms with E-state index >= 15 is 0 Å². The molecule has 0 aliphatic heterocycles. The maximum absolute atomic E-state index is 5.46. The topological polar surface area (TPSA) is 39.9 Å². The van der Waals surface area contributed by atoms with Gasteiger partial charge in [0.1, 0.15) is 0 Å². The fourth-order valence-corrected chi connectivity index (χ4v) is 1.28. The molecule has 0 radical (unpaired) electrons. The van der Waals surface area contributed by atoms with Crippen molar-refractivity contribution in [1.29, 1.82) is 0 Å². The Balaban J connectivity index is 2.26. The van der Waals surface area contributed by atoms with E-state index in [0.29, 0.717) is 6.10 Å². The quantitative estimate of drug-likeness (QED) is 0.693. The SMILES string of the molecule is CCCCn1cc(CCOC(C)C)nn1. The molecule has 15 heavy (non-hydrogen) atoms. The largest absolute Gasteiger partial charge is 0.378 e. The summed E-state index contributed by atoms with van der Waals surface area (Å²) >= 11 is 0. The van der Waals surface area contributed by atoms with Gasteiger partial charge in [0.2, 0.25) is 0 Å². The summed E-state index contributed by atoms with van der Waals surface area (Å²) in [4.78, 5) is 0. The summed E-state index contributed by atoms with van der Waals surface area (Å²) in [6.07, 6.45) is 5.50. The Bertz CT molecular complexity index is 271. The van der Waals surface area contributed by atoms with E-state index in [0.717, 1.165) is 31.7 Å². The Morgan fingerprint density at radius 1 is 1.47 bits per heavy atom. The first-order chi connectivity index (χ1) is 7.22. The highest BCUT2D eigenvalue weighted by Crippen LogP contribution is 1.99. The Kier molecular flexibility index (Phi) is 5.32. The highest BCUT2D eigenvalue weighted by atomic mass is 16.5. The summed E-state index contributed by atoms with van der Waals surface area (Å²) < 4.78 is 7.37. The molecule has 0 atom stereocenters. The molecule has 0 spiro atoms. The van der Waals surface area contributed by atoms with Crippen LogP contribution in [0.3, 0.4) is 0 Å². The first-order valence-electron chi connectivity index (χ1n) is 5.73. The van der Waals surface area contributed by atoms with Gasteiger partial charge in [-0.1, -0.05) is 18.6 Å². The summed E-state index contributed by atoms with van der Waals surface area (Å²) in [5.74, 6) is 0. The van der Waals surface area contributed by atoms with E-state index in [-0.39, 0.29) is 0 Å². The molecule has 0 bridgehead atoms. The lowest BCUT2D eigenvalue weighted by Gasteiger charge is -2.04. The van der Waals surface area contributed by atoms with Crippen molar-refractivity contribution in [2.24, 2.45) is 0 Å². The number of hydrogen-bond donors (Lipinski definition) is 0. The third-order valence-corrected chi connectivity index (χ3v) is 2.14. The molecule has 0 saturated carbocycles. The third-order valence-electron chi connectivity index (χ3n) is 2.14. The molecule has 4 nitrogen and oxygen atoms in total. The average molecular weight is 211 g/mol. The molecule has 0 fully saturated rings. The van der Waals surface area contributed by atoms with Gasteiger partial charge < -0.3 is 4.74 Å². The smallest absolute Gasteiger partial charge is 0.0850 e. The second-order valence-electron chi connectivity index (χ2n) is 4.00. The van der Waals surface area contributed by atoms with Crippen LogP contribution in [0.5, 0.6) is 0 Å². The Morgan fingerprint density at radius 3 is 2.93 bits per heavy atom. The molecular formula is C11H21N3O. The van der Waals surface area contributed by atoms with Gasteiger partial charge in [0.15, 0.2) is 0 Å². The molecule has 0 N–H and O–H groups in total. The lowest BCUT2D eigenvalue weighted by molar-refractivity contribution is 0.0809. The standard InChI is InChI=1S/C11H21N3O/c1-4-5-7-14-9-11(12-13-14)6-8-15-10(2)3/h9-10H,4-8H2,1-3H3. The van der Waals surface area contributed by atoms with E-state index in [2.05, 4.69) is 17.2 Å². The minimum Gasteiger partial charge on any atom is -0.378 e. The monoisotopic (exact) mass is 211 g/mol. The lowest BCUT2D eigenvalue weighted by atomic mass is 10.3. The highest BCUT2D eigenvalue weighted by Gasteiger charge is 2.01. The van der Waals surface area contributed by atoms with Gasteiger partial charge in [-0.25, -0.2) is 0 Å². The summed E-state index contributed by atoms with van der Waals surface area (Å²) in [6.45, 7) is 7.95.